The number of guanidine groups is 1. The van der Waals surface area contributed by atoms with Crippen LogP contribution in [0.4, 0.5) is 0 Å². The fourth-order valence-electron chi connectivity index (χ4n) is 3.12. The van der Waals surface area contributed by atoms with Gasteiger partial charge in [-0.05, 0) is 31.2 Å². The van der Waals surface area contributed by atoms with Crippen molar-refractivity contribution >= 4 is 41.3 Å². The van der Waals surface area contributed by atoms with E-state index in [2.05, 4.69) is 81.7 Å². The molecule has 0 aliphatic heterocycles. The molecule has 2 N–H and O–H groups in total. The van der Waals surface area contributed by atoms with E-state index in [-0.39, 0.29) is 24.0 Å². The van der Waals surface area contributed by atoms with Gasteiger partial charge in [-0.25, -0.2) is 15.0 Å². The fourth-order valence-corrected chi connectivity index (χ4v) is 4.01. The summed E-state index contributed by atoms with van der Waals surface area (Å²) in [7, 11) is 0. The molecule has 0 amide bonds. The van der Waals surface area contributed by atoms with Crippen molar-refractivity contribution in [2.45, 2.75) is 59.2 Å². The maximum atomic E-state index is 4.73. The summed E-state index contributed by atoms with van der Waals surface area (Å²) < 4.78 is 2.20. The van der Waals surface area contributed by atoms with E-state index in [9.17, 15) is 0 Å². The Labute approximate surface area is 206 Å². The molecular formula is C23H33IN6S. The van der Waals surface area contributed by atoms with Gasteiger partial charge in [0.15, 0.2) is 5.96 Å². The van der Waals surface area contributed by atoms with Crippen molar-refractivity contribution in [3.63, 3.8) is 0 Å². The van der Waals surface area contributed by atoms with Crippen LogP contribution in [0.2, 0.25) is 0 Å². The van der Waals surface area contributed by atoms with Crippen molar-refractivity contribution < 1.29 is 0 Å². The summed E-state index contributed by atoms with van der Waals surface area (Å²) in [6, 6.07) is 10.6. The van der Waals surface area contributed by atoms with Gasteiger partial charge in [-0.1, -0.05) is 44.2 Å². The Bertz CT molecular complexity index is 919. The molecule has 0 radical (unpaired) electrons. The van der Waals surface area contributed by atoms with Crippen molar-refractivity contribution in [2.24, 2.45) is 4.99 Å². The molecule has 168 valence electrons. The van der Waals surface area contributed by atoms with E-state index >= 15 is 0 Å². The minimum atomic E-state index is 0. The number of nitrogens with one attached hydrogen (secondary N) is 2. The topological polar surface area (TPSA) is 67.1 Å². The third-order valence-corrected chi connectivity index (χ3v) is 5.67. The van der Waals surface area contributed by atoms with Gasteiger partial charge in [-0.3, -0.25) is 0 Å². The lowest BCUT2D eigenvalue weighted by Crippen LogP contribution is -2.36. The van der Waals surface area contributed by atoms with E-state index in [4.69, 9.17) is 4.99 Å². The van der Waals surface area contributed by atoms with Crippen molar-refractivity contribution in [3.05, 3.63) is 70.2 Å². The van der Waals surface area contributed by atoms with E-state index in [0.717, 1.165) is 48.4 Å². The Morgan fingerprint density at radius 2 is 2.00 bits per heavy atom. The Kier molecular flexibility index (Phi) is 11.0. The number of thiazole rings is 1. The van der Waals surface area contributed by atoms with Gasteiger partial charge < -0.3 is 15.2 Å². The first-order valence-electron chi connectivity index (χ1n) is 10.7. The number of hydrogen-bond acceptors (Lipinski definition) is 4. The number of imidazole rings is 1. The highest BCUT2D eigenvalue weighted by molar-refractivity contribution is 14.0. The molecular weight excluding hydrogens is 519 g/mol. The second-order valence-corrected chi connectivity index (χ2v) is 8.44. The minimum Gasteiger partial charge on any atom is -0.357 e. The van der Waals surface area contributed by atoms with Crippen LogP contribution in [-0.4, -0.2) is 27.0 Å². The zero-order chi connectivity index (χ0) is 21.2. The zero-order valence-electron chi connectivity index (χ0n) is 18.5. The second-order valence-electron chi connectivity index (χ2n) is 7.50. The van der Waals surface area contributed by atoms with Crippen molar-refractivity contribution in [3.8, 4) is 0 Å². The molecule has 3 aromatic rings. The molecule has 6 nitrogen and oxygen atoms in total. The van der Waals surface area contributed by atoms with Crippen molar-refractivity contribution in [1.82, 2.24) is 25.2 Å². The van der Waals surface area contributed by atoms with Gasteiger partial charge in [0.2, 0.25) is 0 Å². The van der Waals surface area contributed by atoms with E-state index in [1.165, 1.54) is 5.56 Å². The predicted molar refractivity (Wildman–Crippen MR) is 140 cm³/mol. The number of hydrogen-bond donors (Lipinski definition) is 2. The van der Waals surface area contributed by atoms with Gasteiger partial charge in [0.25, 0.3) is 0 Å². The first kappa shape index (κ1) is 25.3. The first-order chi connectivity index (χ1) is 14.7. The maximum absolute atomic E-state index is 4.73. The molecule has 0 aliphatic carbocycles. The average molecular weight is 553 g/mol. The lowest BCUT2D eigenvalue weighted by atomic mass is 10.1. The molecule has 2 aromatic heterocycles. The molecule has 0 fully saturated rings. The molecule has 0 bridgehead atoms. The lowest BCUT2D eigenvalue weighted by molar-refractivity contribution is 0.610. The highest BCUT2D eigenvalue weighted by Gasteiger charge is 2.07. The van der Waals surface area contributed by atoms with Crippen LogP contribution in [0.25, 0.3) is 0 Å². The third kappa shape index (κ3) is 8.25. The molecule has 8 heteroatoms. The van der Waals surface area contributed by atoms with Gasteiger partial charge in [0.1, 0.15) is 17.4 Å². The van der Waals surface area contributed by atoms with Gasteiger partial charge in [0, 0.05) is 30.9 Å². The van der Waals surface area contributed by atoms with Crippen LogP contribution in [0.1, 0.15) is 55.2 Å². The molecule has 2 heterocycles. The van der Waals surface area contributed by atoms with Crippen molar-refractivity contribution in [1.29, 1.82) is 0 Å². The SMILES string of the molecule is CCNC(=NCc1nccn1CCCc1ccccc1)NCc1nc(C(C)C)cs1.I. The van der Waals surface area contributed by atoms with Crippen LogP contribution < -0.4 is 10.6 Å². The largest absolute Gasteiger partial charge is 0.357 e. The molecule has 0 atom stereocenters. The summed E-state index contributed by atoms with van der Waals surface area (Å²) in [6.07, 6.45) is 6.05. The highest BCUT2D eigenvalue weighted by atomic mass is 127. The summed E-state index contributed by atoms with van der Waals surface area (Å²) in [5.41, 5.74) is 2.52. The van der Waals surface area contributed by atoms with Crippen LogP contribution in [0, 0.1) is 0 Å². The number of aliphatic imine (C=N–C) groups is 1. The normalized spacial score (nSPS) is 11.4. The number of nitrogens with zero attached hydrogens (tertiary/aromatic N) is 4. The zero-order valence-corrected chi connectivity index (χ0v) is 21.7. The fraction of sp³-hybridized carbons (Fsp3) is 0.435. The van der Waals surface area contributed by atoms with E-state index < -0.39 is 0 Å². The molecule has 1 aromatic carbocycles. The highest BCUT2D eigenvalue weighted by Crippen LogP contribution is 2.17. The molecule has 0 unspecified atom stereocenters. The van der Waals surface area contributed by atoms with Gasteiger partial charge in [-0.15, -0.1) is 35.3 Å². The molecule has 0 spiro atoms. The first-order valence-corrected chi connectivity index (χ1v) is 11.5. The third-order valence-electron chi connectivity index (χ3n) is 4.80. The van der Waals surface area contributed by atoms with Crippen LogP contribution in [0.3, 0.4) is 0 Å². The number of rotatable bonds is 10. The quantitative estimate of drug-likeness (QED) is 0.212. The maximum Gasteiger partial charge on any atom is 0.192 e. The Hall–Kier alpha value is -1.94. The molecule has 0 saturated carbocycles. The minimum absolute atomic E-state index is 0. The van der Waals surface area contributed by atoms with Gasteiger partial charge >= 0.3 is 0 Å². The van der Waals surface area contributed by atoms with Gasteiger partial charge in [-0.2, -0.15) is 0 Å². The Morgan fingerprint density at radius 1 is 1.19 bits per heavy atom. The van der Waals surface area contributed by atoms with Crippen LogP contribution in [0.15, 0.2) is 53.1 Å². The van der Waals surface area contributed by atoms with Crippen LogP contribution >= 0.6 is 35.3 Å². The van der Waals surface area contributed by atoms with E-state index in [0.29, 0.717) is 19.0 Å². The average Bonchev–Trinajstić information content (AvgIpc) is 3.40. The predicted octanol–water partition coefficient (Wildman–Crippen LogP) is 4.97. The summed E-state index contributed by atoms with van der Waals surface area (Å²) >= 11 is 1.69. The van der Waals surface area contributed by atoms with Crippen LogP contribution in [-0.2, 0) is 26.1 Å². The van der Waals surface area contributed by atoms with E-state index in [1.807, 2.05) is 12.4 Å². The number of benzene rings is 1. The lowest BCUT2D eigenvalue weighted by Gasteiger charge is -2.11. The summed E-state index contributed by atoms with van der Waals surface area (Å²) in [6.45, 7) is 9.38. The Morgan fingerprint density at radius 3 is 2.71 bits per heavy atom. The second kappa shape index (κ2) is 13.5. The summed E-state index contributed by atoms with van der Waals surface area (Å²) in [5, 5.41) is 9.91. The standard InChI is InChI=1S/C23H32N6S.HI/c1-4-24-23(27-16-22-28-20(17-30-22)18(2)3)26-15-21-25-12-14-29(21)13-8-11-19-9-6-5-7-10-19;/h5-7,9-10,12,14,17-18H,4,8,11,13,15-16H2,1-3H3,(H2,24,26,27);1H. The smallest absolute Gasteiger partial charge is 0.192 e. The number of aromatic nitrogens is 3. The number of aryl methyl sites for hydroxylation is 2. The molecule has 31 heavy (non-hydrogen) atoms. The van der Waals surface area contributed by atoms with Gasteiger partial charge in [0.05, 0.1) is 12.2 Å². The summed E-state index contributed by atoms with van der Waals surface area (Å²) in [4.78, 5) is 13.9. The van der Waals surface area contributed by atoms with Crippen LogP contribution in [0.5, 0.6) is 0 Å². The molecule has 3 rings (SSSR count). The molecule has 0 aliphatic rings. The van der Waals surface area contributed by atoms with Crippen molar-refractivity contribution in [2.75, 3.05) is 6.54 Å². The summed E-state index contributed by atoms with van der Waals surface area (Å²) in [5.74, 6) is 2.23. The molecule has 0 saturated heterocycles. The number of halogens is 1. The Balaban J connectivity index is 0.00000341. The van der Waals surface area contributed by atoms with E-state index in [1.54, 1.807) is 11.3 Å². The monoisotopic (exact) mass is 552 g/mol.